The summed E-state index contributed by atoms with van der Waals surface area (Å²) < 4.78 is 0. The number of carboxylic acids is 2. The van der Waals surface area contributed by atoms with E-state index in [0.29, 0.717) is 6.42 Å². The van der Waals surface area contributed by atoms with Gasteiger partial charge in [-0.3, -0.25) is 15.9 Å². The van der Waals surface area contributed by atoms with Gasteiger partial charge < -0.3 is 20.7 Å². The average molecular weight is 436 g/mol. The summed E-state index contributed by atoms with van der Waals surface area (Å²) in [6, 6.07) is -1.06. The first-order valence-electron chi connectivity index (χ1n) is 11.2. The zero-order chi connectivity index (χ0) is 22.2. The molecule has 0 aliphatic heterocycles. The summed E-state index contributed by atoms with van der Waals surface area (Å²) in [5, 5.41) is 16.3. The smallest absolute Gasteiger partial charge is 0.542 e. The van der Waals surface area contributed by atoms with Crippen molar-refractivity contribution < 1.29 is 54.2 Å². The van der Waals surface area contributed by atoms with Gasteiger partial charge in [-0.15, -0.1) is 0 Å². The molecular weight excluding hydrogens is 393 g/mol. The Kier molecular flexibility index (Phi) is 32.0. The minimum absolute atomic E-state index is 0. The van der Waals surface area contributed by atoms with Gasteiger partial charge in [-0.25, -0.2) is 0 Å². The van der Waals surface area contributed by atoms with E-state index in [1.54, 1.807) is 0 Å². The van der Waals surface area contributed by atoms with Gasteiger partial charge in [0.05, 0.1) is 0 Å². The monoisotopic (exact) mass is 435 g/mol. The normalized spacial score (nSPS) is 11.3. The molecule has 0 aliphatic rings. The van der Waals surface area contributed by atoms with Gasteiger partial charge in [0.1, 0.15) is 6.04 Å². The number of hydrogen-bond acceptors (Lipinski definition) is 4. The number of rotatable bonds is 19. The van der Waals surface area contributed by atoms with Crippen molar-refractivity contribution in [3.63, 3.8) is 0 Å². The van der Waals surface area contributed by atoms with Crippen LogP contribution in [0.4, 0.5) is 0 Å². The molecule has 0 aromatic rings. The van der Waals surface area contributed by atoms with Gasteiger partial charge in [-0.1, -0.05) is 76.9 Å². The van der Waals surface area contributed by atoms with Gasteiger partial charge in [-0.05, 0) is 32.1 Å². The molecule has 0 saturated heterocycles. The maximum Gasteiger partial charge on any atom is 1.00 e. The molecule has 0 aromatic carbocycles. The third-order valence-corrected chi connectivity index (χ3v) is 4.53. The summed E-state index contributed by atoms with van der Waals surface area (Å²) in [5.41, 5.74) is 5.00. The van der Waals surface area contributed by atoms with Crippen LogP contribution in [0.3, 0.4) is 0 Å². The largest absolute Gasteiger partial charge is 1.00 e. The number of unbranched alkanes of at least 4 members (excludes halogenated alkanes) is 12. The van der Waals surface area contributed by atoms with Crippen molar-refractivity contribution in [3.05, 3.63) is 12.2 Å². The molecule has 0 saturated carbocycles. The SMILES string of the molecule is CCCCCCCC/C=C\CCCCCCC[C-]=O.NC(CCC(=O)O)C(=O)O.[Na+]. The van der Waals surface area contributed by atoms with Gasteiger partial charge >= 0.3 is 41.5 Å². The summed E-state index contributed by atoms with van der Waals surface area (Å²) in [4.78, 5) is 29.9. The van der Waals surface area contributed by atoms with Crippen molar-refractivity contribution in [1.82, 2.24) is 0 Å². The summed E-state index contributed by atoms with van der Waals surface area (Å²) in [7, 11) is 0. The van der Waals surface area contributed by atoms with E-state index < -0.39 is 18.0 Å². The van der Waals surface area contributed by atoms with Crippen molar-refractivity contribution in [2.45, 2.75) is 116 Å². The van der Waals surface area contributed by atoms with E-state index in [2.05, 4.69) is 19.1 Å². The van der Waals surface area contributed by atoms with Crippen LogP contribution in [0.5, 0.6) is 0 Å². The van der Waals surface area contributed by atoms with Crippen molar-refractivity contribution in [2.75, 3.05) is 0 Å². The Bertz CT molecular complexity index is 430. The zero-order valence-corrected chi connectivity index (χ0v) is 21.2. The molecule has 0 rings (SSSR count). The molecule has 7 heteroatoms. The van der Waals surface area contributed by atoms with Crippen LogP contribution in [0.1, 0.15) is 110 Å². The molecule has 0 bridgehead atoms. The van der Waals surface area contributed by atoms with E-state index in [1.807, 2.05) is 6.29 Å². The Labute approximate surface area is 205 Å². The number of aliphatic carboxylic acids is 2. The van der Waals surface area contributed by atoms with Gasteiger partial charge in [0.25, 0.3) is 0 Å². The number of allylic oxidation sites excluding steroid dienone is 2. The van der Waals surface area contributed by atoms with E-state index in [9.17, 15) is 14.4 Å². The third-order valence-electron chi connectivity index (χ3n) is 4.53. The minimum Gasteiger partial charge on any atom is -0.542 e. The molecule has 0 heterocycles. The Hall–Kier alpha value is -0.690. The maximum absolute atomic E-state index is 10.0. The number of carbonyl (C=O) groups excluding carboxylic acids is 1. The topological polar surface area (TPSA) is 118 Å². The molecule has 0 aromatic heterocycles. The van der Waals surface area contributed by atoms with E-state index in [4.69, 9.17) is 15.9 Å². The zero-order valence-electron chi connectivity index (χ0n) is 19.2. The fourth-order valence-corrected chi connectivity index (χ4v) is 2.67. The standard InChI is InChI=1S/C18H33O.C5H9NO4.Na/c1-2-3-4-5-6-7-8-9-10-11-12-13-14-15-16-17-18-19;6-3(5(9)10)1-2-4(7)8;/h9-10H,2-8,11-17H2,1H3;3H,1-2,6H2,(H,7,8)(H,9,10);/q-1;;+1/b10-9-;;. The molecule has 1 unspecified atom stereocenters. The predicted molar refractivity (Wildman–Crippen MR) is 118 cm³/mol. The fraction of sp³-hybridized carbons (Fsp3) is 0.783. The second-order valence-electron chi connectivity index (χ2n) is 7.36. The Balaban J connectivity index is -0.000000563. The Morgan fingerprint density at radius 1 is 0.867 bits per heavy atom. The summed E-state index contributed by atoms with van der Waals surface area (Å²) in [6.45, 7) is 2.27. The number of hydrogen-bond donors (Lipinski definition) is 3. The summed E-state index contributed by atoms with van der Waals surface area (Å²) >= 11 is 0. The first-order chi connectivity index (χ1) is 14.0. The van der Waals surface area contributed by atoms with Crippen LogP contribution < -0.4 is 35.3 Å². The molecule has 6 nitrogen and oxygen atoms in total. The quantitative estimate of drug-likeness (QED) is 0.124. The Morgan fingerprint density at radius 3 is 1.77 bits per heavy atom. The van der Waals surface area contributed by atoms with E-state index >= 15 is 0 Å². The number of nitrogens with two attached hydrogens (primary N) is 1. The van der Waals surface area contributed by atoms with Gasteiger partial charge in [0, 0.05) is 6.42 Å². The molecule has 30 heavy (non-hydrogen) atoms. The van der Waals surface area contributed by atoms with Crippen LogP contribution in [-0.4, -0.2) is 34.5 Å². The summed E-state index contributed by atoms with van der Waals surface area (Å²) in [5.74, 6) is -2.20. The molecule has 0 aliphatic carbocycles. The molecular formula is C23H42NNaO5. The fourth-order valence-electron chi connectivity index (χ4n) is 2.67. The molecule has 1 atom stereocenters. The second kappa shape index (κ2) is 28.3. The molecule has 4 N–H and O–H groups in total. The van der Waals surface area contributed by atoms with Crippen LogP contribution in [0.2, 0.25) is 0 Å². The molecule has 0 fully saturated rings. The predicted octanol–water partition coefficient (Wildman–Crippen LogP) is 2.40. The van der Waals surface area contributed by atoms with Gasteiger partial charge in [-0.2, -0.15) is 6.42 Å². The van der Waals surface area contributed by atoms with E-state index in [-0.39, 0.29) is 42.4 Å². The molecule has 170 valence electrons. The maximum atomic E-state index is 10.0. The number of carbonyl (C=O) groups is 2. The van der Waals surface area contributed by atoms with Crippen LogP contribution in [0.25, 0.3) is 0 Å². The second-order valence-corrected chi connectivity index (χ2v) is 7.36. The van der Waals surface area contributed by atoms with Crippen molar-refractivity contribution in [2.24, 2.45) is 5.73 Å². The minimum atomic E-state index is -1.17. The van der Waals surface area contributed by atoms with Gasteiger partial charge in [0.2, 0.25) is 0 Å². The van der Waals surface area contributed by atoms with Crippen LogP contribution in [-0.2, 0) is 14.4 Å². The molecule has 0 amide bonds. The first-order valence-corrected chi connectivity index (χ1v) is 11.2. The molecule has 0 radical (unpaired) electrons. The van der Waals surface area contributed by atoms with Crippen LogP contribution in [0, 0.1) is 0 Å². The van der Waals surface area contributed by atoms with Gasteiger partial charge in [0.15, 0.2) is 0 Å². The first kappa shape index (κ1) is 33.9. The van der Waals surface area contributed by atoms with E-state index in [1.165, 1.54) is 77.0 Å². The average Bonchev–Trinajstić information content (AvgIpc) is 2.69. The third kappa shape index (κ3) is 32.0. The number of carboxylic acid groups (broad SMARTS) is 2. The summed E-state index contributed by atoms with van der Waals surface area (Å²) in [6.07, 6.45) is 24.0. The van der Waals surface area contributed by atoms with Crippen molar-refractivity contribution in [3.8, 4) is 0 Å². The van der Waals surface area contributed by atoms with E-state index in [0.717, 1.165) is 6.42 Å². The Morgan fingerprint density at radius 2 is 1.33 bits per heavy atom. The van der Waals surface area contributed by atoms with Crippen molar-refractivity contribution >= 4 is 18.2 Å². The van der Waals surface area contributed by atoms with Crippen LogP contribution >= 0.6 is 0 Å². The molecule has 0 spiro atoms. The van der Waals surface area contributed by atoms with Crippen LogP contribution in [0.15, 0.2) is 12.2 Å². The van der Waals surface area contributed by atoms with Crippen molar-refractivity contribution in [1.29, 1.82) is 0 Å².